The third kappa shape index (κ3) is 3.11. The van der Waals surface area contributed by atoms with Crippen LogP contribution in [0.2, 0.25) is 5.02 Å². The molecule has 0 aliphatic rings. The third-order valence-corrected chi connectivity index (χ3v) is 4.17. The molecule has 0 bridgehead atoms. The highest BCUT2D eigenvalue weighted by Gasteiger charge is 2.12. The number of halogens is 2. The van der Waals surface area contributed by atoms with Crippen LogP contribution < -0.4 is 11.1 Å². The molecule has 0 saturated carbocycles. The molecule has 1 aromatic heterocycles. The van der Waals surface area contributed by atoms with Crippen LogP contribution in [0.25, 0.3) is 0 Å². The molecule has 6 heteroatoms. The maximum absolute atomic E-state index is 6.15. The molecule has 0 amide bonds. The summed E-state index contributed by atoms with van der Waals surface area (Å²) in [7, 11) is 0. The maximum Gasteiger partial charge on any atom is 0.140 e. The van der Waals surface area contributed by atoms with Gasteiger partial charge in [-0.3, -0.25) is 0 Å². The van der Waals surface area contributed by atoms with Crippen LogP contribution in [-0.2, 0) is 0 Å². The van der Waals surface area contributed by atoms with Gasteiger partial charge in [0.25, 0.3) is 0 Å². The fourth-order valence-electron chi connectivity index (χ4n) is 1.83. The lowest BCUT2D eigenvalue weighted by Crippen LogP contribution is -2.15. The first-order valence-electron chi connectivity index (χ1n) is 5.88. The van der Waals surface area contributed by atoms with Crippen molar-refractivity contribution in [1.29, 1.82) is 0 Å². The summed E-state index contributed by atoms with van der Waals surface area (Å²) in [4.78, 5) is 4.62. The van der Waals surface area contributed by atoms with E-state index in [1.54, 1.807) is 6.20 Å². The lowest BCUT2D eigenvalue weighted by Gasteiger charge is -2.14. The number of thiocarbonyl (C=S) groups is 1. The molecular weight excluding hydrogens is 358 g/mol. The Bertz CT molecular complexity index is 688. The molecule has 0 spiro atoms. The van der Waals surface area contributed by atoms with E-state index in [2.05, 4.69) is 26.2 Å². The second-order valence-corrected chi connectivity index (χ2v) is 6.12. The van der Waals surface area contributed by atoms with E-state index in [-0.39, 0.29) is 0 Å². The van der Waals surface area contributed by atoms with Gasteiger partial charge in [0.1, 0.15) is 10.8 Å². The molecular formula is C14H13BrClN3S. The highest BCUT2D eigenvalue weighted by molar-refractivity contribution is 9.10. The average Bonchev–Trinajstić information content (AvgIpc) is 2.35. The van der Waals surface area contributed by atoms with Crippen molar-refractivity contribution in [3.8, 4) is 0 Å². The SMILES string of the molecule is Cc1cc(Br)c(Nc2nccc(C)c2C(N)=S)cc1Cl. The van der Waals surface area contributed by atoms with Gasteiger partial charge in [-0.1, -0.05) is 23.8 Å². The highest BCUT2D eigenvalue weighted by atomic mass is 79.9. The monoisotopic (exact) mass is 369 g/mol. The summed E-state index contributed by atoms with van der Waals surface area (Å²) < 4.78 is 0.900. The van der Waals surface area contributed by atoms with Crippen molar-refractivity contribution < 1.29 is 0 Å². The lowest BCUT2D eigenvalue weighted by molar-refractivity contribution is 1.25. The van der Waals surface area contributed by atoms with Crippen LogP contribution >= 0.6 is 39.7 Å². The van der Waals surface area contributed by atoms with Crippen molar-refractivity contribution in [1.82, 2.24) is 4.98 Å². The second kappa shape index (κ2) is 6.08. The standard InChI is InChI=1S/C14H13BrClN3S/c1-7-3-4-18-14(12(7)13(17)20)19-11-6-10(16)8(2)5-9(11)15/h3-6H,1-2H3,(H2,17,20)(H,18,19). The zero-order chi connectivity index (χ0) is 14.9. The number of hydrogen-bond acceptors (Lipinski definition) is 3. The molecule has 0 radical (unpaired) electrons. The van der Waals surface area contributed by atoms with Crippen molar-refractivity contribution >= 4 is 56.2 Å². The predicted octanol–water partition coefficient (Wildman–Crippen LogP) is 4.49. The van der Waals surface area contributed by atoms with Gasteiger partial charge in [-0.25, -0.2) is 4.98 Å². The van der Waals surface area contributed by atoms with Gasteiger partial charge in [-0.2, -0.15) is 0 Å². The largest absolute Gasteiger partial charge is 0.389 e. The van der Waals surface area contributed by atoms with Gasteiger partial charge < -0.3 is 11.1 Å². The number of nitrogens with two attached hydrogens (primary N) is 1. The molecule has 3 nitrogen and oxygen atoms in total. The molecule has 2 rings (SSSR count). The molecule has 2 aromatic rings. The zero-order valence-corrected chi connectivity index (χ0v) is 14.2. The number of hydrogen-bond donors (Lipinski definition) is 2. The van der Waals surface area contributed by atoms with Crippen LogP contribution in [0.4, 0.5) is 11.5 Å². The number of aromatic nitrogens is 1. The Morgan fingerprint density at radius 2 is 2.05 bits per heavy atom. The first-order valence-corrected chi connectivity index (χ1v) is 7.46. The summed E-state index contributed by atoms with van der Waals surface area (Å²) in [5, 5.41) is 3.90. The molecule has 0 saturated heterocycles. The summed E-state index contributed by atoms with van der Waals surface area (Å²) in [6.45, 7) is 3.89. The van der Waals surface area contributed by atoms with Crippen LogP contribution in [0.3, 0.4) is 0 Å². The van der Waals surface area contributed by atoms with E-state index in [0.717, 1.165) is 26.9 Å². The van der Waals surface area contributed by atoms with E-state index >= 15 is 0 Å². The first kappa shape index (κ1) is 15.2. The molecule has 0 aliphatic carbocycles. The van der Waals surface area contributed by atoms with Crippen LogP contribution in [0.15, 0.2) is 28.9 Å². The third-order valence-electron chi connectivity index (χ3n) is 2.91. The van der Waals surface area contributed by atoms with Crippen molar-refractivity contribution in [3.63, 3.8) is 0 Å². The van der Waals surface area contributed by atoms with E-state index < -0.39 is 0 Å². The van der Waals surface area contributed by atoms with Gasteiger partial charge in [-0.05, 0) is 59.1 Å². The number of benzene rings is 1. The summed E-state index contributed by atoms with van der Waals surface area (Å²) in [6.07, 6.45) is 1.71. The normalized spacial score (nSPS) is 10.4. The molecule has 1 aromatic carbocycles. The molecule has 1 heterocycles. The van der Waals surface area contributed by atoms with Crippen LogP contribution in [0.1, 0.15) is 16.7 Å². The van der Waals surface area contributed by atoms with E-state index in [4.69, 9.17) is 29.6 Å². The van der Waals surface area contributed by atoms with Gasteiger partial charge in [0, 0.05) is 15.7 Å². The van der Waals surface area contributed by atoms with E-state index in [1.807, 2.05) is 32.0 Å². The zero-order valence-electron chi connectivity index (χ0n) is 11.0. The van der Waals surface area contributed by atoms with Crippen LogP contribution in [-0.4, -0.2) is 9.97 Å². The summed E-state index contributed by atoms with van der Waals surface area (Å²) in [5.74, 6) is 0.623. The highest BCUT2D eigenvalue weighted by Crippen LogP contribution is 2.32. The van der Waals surface area contributed by atoms with Gasteiger partial charge >= 0.3 is 0 Å². The van der Waals surface area contributed by atoms with E-state index in [1.165, 1.54) is 0 Å². The molecule has 104 valence electrons. The second-order valence-electron chi connectivity index (χ2n) is 4.42. The lowest BCUT2D eigenvalue weighted by atomic mass is 10.1. The van der Waals surface area contributed by atoms with Crippen LogP contribution in [0.5, 0.6) is 0 Å². The number of nitrogens with zero attached hydrogens (tertiary/aromatic N) is 1. The van der Waals surface area contributed by atoms with Gasteiger partial charge in [0.05, 0.1) is 11.3 Å². The van der Waals surface area contributed by atoms with Crippen molar-refractivity contribution in [2.45, 2.75) is 13.8 Å². The summed E-state index contributed by atoms with van der Waals surface area (Å²) in [6, 6.07) is 5.66. The molecule has 20 heavy (non-hydrogen) atoms. The Morgan fingerprint density at radius 3 is 2.70 bits per heavy atom. The van der Waals surface area contributed by atoms with Crippen molar-refractivity contribution in [2.75, 3.05) is 5.32 Å². The molecule has 0 aliphatic heterocycles. The Kier molecular flexibility index (Phi) is 4.62. The van der Waals surface area contributed by atoms with Crippen LogP contribution in [0, 0.1) is 13.8 Å². The minimum atomic E-state index is 0.312. The number of nitrogens with one attached hydrogen (secondary N) is 1. The molecule has 0 fully saturated rings. The minimum Gasteiger partial charge on any atom is -0.389 e. The average molecular weight is 371 g/mol. The molecule has 0 atom stereocenters. The van der Waals surface area contributed by atoms with Gasteiger partial charge in [0.15, 0.2) is 0 Å². The number of rotatable bonds is 3. The smallest absolute Gasteiger partial charge is 0.140 e. The number of pyridine rings is 1. The summed E-state index contributed by atoms with van der Waals surface area (Å²) >= 11 is 14.8. The Hall–Kier alpha value is -1.17. The minimum absolute atomic E-state index is 0.312. The Morgan fingerprint density at radius 1 is 1.35 bits per heavy atom. The van der Waals surface area contributed by atoms with E-state index in [0.29, 0.717) is 15.8 Å². The number of anilines is 2. The first-order chi connectivity index (χ1) is 9.40. The van der Waals surface area contributed by atoms with Gasteiger partial charge in [-0.15, -0.1) is 0 Å². The van der Waals surface area contributed by atoms with Crippen molar-refractivity contribution in [3.05, 3.63) is 50.6 Å². The number of aryl methyl sites for hydroxylation is 2. The molecule has 3 N–H and O–H groups in total. The Labute approximate surface area is 136 Å². The molecule has 0 unspecified atom stereocenters. The fraction of sp³-hybridized carbons (Fsp3) is 0.143. The van der Waals surface area contributed by atoms with Crippen molar-refractivity contribution in [2.24, 2.45) is 5.73 Å². The topological polar surface area (TPSA) is 50.9 Å². The summed E-state index contributed by atoms with van der Waals surface area (Å²) in [5.41, 5.74) is 9.30. The fourth-order valence-corrected chi connectivity index (χ4v) is 2.81. The Balaban J connectivity index is 2.48. The maximum atomic E-state index is 6.15. The van der Waals surface area contributed by atoms with Gasteiger partial charge in [0.2, 0.25) is 0 Å². The van der Waals surface area contributed by atoms with E-state index in [9.17, 15) is 0 Å². The quantitative estimate of drug-likeness (QED) is 0.781. The predicted molar refractivity (Wildman–Crippen MR) is 92.0 cm³/mol.